The molecule has 1 heteroatoms. The summed E-state index contributed by atoms with van der Waals surface area (Å²) in [6, 6.07) is 9.96. The van der Waals surface area contributed by atoms with Crippen molar-refractivity contribution in [2.24, 2.45) is 23.7 Å². The van der Waals surface area contributed by atoms with E-state index < -0.39 is 0 Å². The second-order valence-corrected chi connectivity index (χ2v) is 7.35. The number of hydrogen-bond acceptors (Lipinski definition) is 1. The van der Waals surface area contributed by atoms with Crippen LogP contribution in [-0.4, -0.2) is 6.04 Å². The minimum atomic E-state index is 0.761. The van der Waals surface area contributed by atoms with Crippen LogP contribution in [-0.2, 0) is 6.42 Å². The average molecular weight is 269 g/mol. The summed E-state index contributed by atoms with van der Waals surface area (Å²) in [7, 11) is 0. The zero-order valence-corrected chi connectivity index (χ0v) is 12.6. The Kier molecular flexibility index (Phi) is 3.24. The van der Waals surface area contributed by atoms with Crippen LogP contribution in [0.4, 0.5) is 5.69 Å². The number of nitrogens with one attached hydrogen (secondary N) is 1. The molecule has 0 aromatic heterocycles. The molecule has 1 aromatic rings. The first-order valence-electron chi connectivity index (χ1n) is 8.70. The predicted octanol–water partition coefficient (Wildman–Crippen LogP) is 4.88. The van der Waals surface area contributed by atoms with E-state index in [4.69, 9.17) is 0 Å². The normalized spacial score (nSPS) is 38.1. The Hall–Kier alpha value is -0.980. The topological polar surface area (TPSA) is 12.0 Å². The van der Waals surface area contributed by atoms with Crippen molar-refractivity contribution in [3.63, 3.8) is 0 Å². The maximum absolute atomic E-state index is 3.85. The standard InChI is InChI=1S/C19H27N/c1-2-4-13-7-9-15(10-8-13)20-19-12-14-11-18(19)17-6-3-5-16(14)17/h7-10,14,16-20H,2-6,11-12H2,1H3. The van der Waals surface area contributed by atoms with Gasteiger partial charge >= 0.3 is 0 Å². The summed E-state index contributed by atoms with van der Waals surface area (Å²) >= 11 is 0. The van der Waals surface area contributed by atoms with Gasteiger partial charge in [-0.05, 0) is 73.5 Å². The first-order chi connectivity index (χ1) is 9.85. The molecule has 1 N–H and O–H groups in total. The van der Waals surface area contributed by atoms with E-state index in [9.17, 15) is 0 Å². The molecule has 3 aliphatic rings. The van der Waals surface area contributed by atoms with Gasteiger partial charge in [0.05, 0.1) is 0 Å². The zero-order valence-electron chi connectivity index (χ0n) is 12.6. The van der Waals surface area contributed by atoms with E-state index >= 15 is 0 Å². The molecule has 1 nitrogen and oxygen atoms in total. The predicted molar refractivity (Wildman–Crippen MR) is 84.9 cm³/mol. The van der Waals surface area contributed by atoms with Crippen molar-refractivity contribution >= 4 is 5.69 Å². The van der Waals surface area contributed by atoms with E-state index in [1.54, 1.807) is 0 Å². The molecule has 0 aliphatic heterocycles. The van der Waals surface area contributed by atoms with E-state index in [-0.39, 0.29) is 0 Å². The lowest BCUT2D eigenvalue weighted by molar-refractivity contribution is 0.243. The molecule has 20 heavy (non-hydrogen) atoms. The van der Waals surface area contributed by atoms with Crippen LogP contribution in [0, 0.1) is 23.7 Å². The Morgan fingerprint density at radius 3 is 2.60 bits per heavy atom. The number of aryl methyl sites for hydroxylation is 1. The Balaban J connectivity index is 1.42. The minimum absolute atomic E-state index is 0.761. The first-order valence-corrected chi connectivity index (χ1v) is 8.70. The van der Waals surface area contributed by atoms with Crippen molar-refractivity contribution in [2.45, 2.75) is 57.9 Å². The summed E-state index contributed by atoms with van der Waals surface area (Å²) in [5.74, 6) is 4.18. The molecular weight excluding hydrogens is 242 g/mol. The maximum Gasteiger partial charge on any atom is 0.0342 e. The average Bonchev–Trinajstić information content (AvgIpc) is 3.13. The summed E-state index contributed by atoms with van der Waals surface area (Å²) in [6.45, 7) is 2.25. The molecule has 0 amide bonds. The molecule has 3 aliphatic carbocycles. The molecule has 3 fully saturated rings. The summed E-state index contributed by atoms with van der Waals surface area (Å²) in [5, 5.41) is 3.85. The molecule has 2 bridgehead atoms. The lowest BCUT2D eigenvalue weighted by Gasteiger charge is -2.32. The monoisotopic (exact) mass is 269 g/mol. The smallest absolute Gasteiger partial charge is 0.0342 e. The highest BCUT2D eigenvalue weighted by Crippen LogP contribution is 2.59. The summed E-state index contributed by atoms with van der Waals surface area (Å²) in [4.78, 5) is 0. The number of anilines is 1. The summed E-state index contributed by atoms with van der Waals surface area (Å²) in [5.41, 5.74) is 2.82. The summed E-state index contributed by atoms with van der Waals surface area (Å²) in [6.07, 6.45) is 9.94. The highest BCUT2D eigenvalue weighted by molar-refractivity contribution is 5.46. The molecule has 0 spiro atoms. The molecule has 5 atom stereocenters. The van der Waals surface area contributed by atoms with Crippen LogP contribution >= 0.6 is 0 Å². The van der Waals surface area contributed by atoms with E-state index in [2.05, 4.69) is 36.5 Å². The van der Waals surface area contributed by atoms with Crippen LogP contribution in [0.5, 0.6) is 0 Å². The lowest BCUT2D eigenvalue weighted by Crippen LogP contribution is -2.33. The Morgan fingerprint density at radius 1 is 1.00 bits per heavy atom. The van der Waals surface area contributed by atoms with Gasteiger partial charge in [-0.1, -0.05) is 31.9 Å². The molecule has 5 unspecified atom stereocenters. The van der Waals surface area contributed by atoms with Crippen molar-refractivity contribution in [1.29, 1.82) is 0 Å². The van der Waals surface area contributed by atoms with E-state index in [1.807, 2.05) is 0 Å². The third-order valence-electron chi connectivity index (χ3n) is 6.27. The second-order valence-electron chi connectivity index (χ2n) is 7.35. The van der Waals surface area contributed by atoms with Gasteiger partial charge in [0.15, 0.2) is 0 Å². The molecule has 3 saturated carbocycles. The number of benzene rings is 1. The number of hydrogen-bond donors (Lipinski definition) is 1. The largest absolute Gasteiger partial charge is 0.382 e. The zero-order chi connectivity index (χ0) is 13.5. The lowest BCUT2D eigenvalue weighted by atomic mass is 9.79. The first kappa shape index (κ1) is 12.7. The fraction of sp³-hybridized carbons (Fsp3) is 0.684. The van der Waals surface area contributed by atoms with Crippen LogP contribution in [0.15, 0.2) is 24.3 Å². The van der Waals surface area contributed by atoms with Crippen LogP contribution in [0.3, 0.4) is 0 Å². The van der Waals surface area contributed by atoms with Crippen molar-refractivity contribution in [2.75, 3.05) is 5.32 Å². The van der Waals surface area contributed by atoms with E-state index in [1.165, 1.54) is 56.2 Å². The number of fused-ring (bicyclic) bond motifs is 5. The van der Waals surface area contributed by atoms with Crippen LogP contribution in [0.1, 0.15) is 51.0 Å². The molecule has 0 saturated heterocycles. The molecule has 4 rings (SSSR count). The van der Waals surface area contributed by atoms with Gasteiger partial charge in [0, 0.05) is 11.7 Å². The second kappa shape index (κ2) is 5.09. The quantitative estimate of drug-likeness (QED) is 0.821. The van der Waals surface area contributed by atoms with Crippen LogP contribution < -0.4 is 5.32 Å². The third-order valence-corrected chi connectivity index (χ3v) is 6.27. The van der Waals surface area contributed by atoms with Gasteiger partial charge in [0.1, 0.15) is 0 Å². The number of rotatable bonds is 4. The van der Waals surface area contributed by atoms with Gasteiger partial charge in [-0.3, -0.25) is 0 Å². The van der Waals surface area contributed by atoms with Gasteiger partial charge in [-0.2, -0.15) is 0 Å². The fourth-order valence-electron chi connectivity index (χ4n) is 5.50. The molecule has 0 heterocycles. The van der Waals surface area contributed by atoms with Crippen molar-refractivity contribution in [1.82, 2.24) is 0 Å². The van der Waals surface area contributed by atoms with Gasteiger partial charge < -0.3 is 5.32 Å². The van der Waals surface area contributed by atoms with Gasteiger partial charge in [0.25, 0.3) is 0 Å². The highest BCUT2D eigenvalue weighted by Gasteiger charge is 2.53. The Bertz CT molecular complexity index is 463. The van der Waals surface area contributed by atoms with Crippen LogP contribution in [0.25, 0.3) is 0 Å². The Labute approximate surface area is 123 Å². The Morgan fingerprint density at radius 2 is 1.80 bits per heavy atom. The van der Waals surface area contributed by atoms with Crippen LogP contribution in [0.2, 0.25) is 0 Å². The highest BCUT2D eigenvalue weighted by atomic mass is 14.9. The summed E-state index contributed by atoms with van der Waals surface area (Å²) < 4.78 is 0. The maximum atomic E-state index is 3.85. The van der Waals surface area contributed by atoms with E-state index in [0.717, 1.165) is 29.7 Å². The molecule has 0 radical (unpaired) electrons. The van der Waals surface area contributed by atoms with Gasteiger partial charge in [-0.15, -0.1) is 0 Å². The minimum Gasteiger partial charge on any atom is -0.382 e. The van der Waals surface area contributed by atoms with E-state index in [0.29, 0.717) is 0 Å². The van der Waals surface area contributed by atoms with Crippen molar-refractivity contribution in [3.8, 4) is 0 Å². The van der Waals surface area contributed by atoms with Gasteiger partial charge in [0.2, 0.25) is 0 Å². The fourth-order valence-corrected chi connectivity index (χ4v) is 5.50. The van der Waals surface area contributed by atoms with Crippen molar-refractivity contribution < 1.29 is 0 Å². The molecular formula is C19H27N. The molecule has 1 aromatic carbocycles. The van der Waals surface area contributed by atoms with Crippen molar-refractivity contribution in [3.05, 3.63) is 29.8 Å². The molecule has 108 valence electrons. The van der Waals surface area contributed by atoms with Gasteiger partial charge in [-0.25, -0.2) is 0 Å². The third kappa shape index (κ3) is 2.06. The SMILES string of the molecule is CCCc1ccc(NC2CC3CC2C2CCCC32)cc1.